The number of alkyl halides is 2. The van der Waals surface area contributed by atoms with Crippen LogP contribution in [0.2, 0.25) is 0 Å². The van der Waals surface area contributed by atoms with E-state index in [1.165, 1.54) is 15.3 Å². The first-order valence-corrected chi connectivity index (χ1v) is 24.5. The van der Waals surface area contributed by atoms with Crippen molar-refractivity contribution in [2.24, 2.45) is 38.5 Å². The monoisotopic (exact) mass is 889 g/mol. The summed E-state index contributed by atoms with van der Waals surface area (Å²) >= 11 is 0. The molecule has 14 nitrogen and oxygen atoms in total. The first kappa shape index (κ1) is 46.7. The van der Waals surface area contributed by atoms with Crippen molar-refractivity contribution in [3.05, 3.63) is 12.7 Å². The molecule has 3 aliphatic heterocycles. The van der Waals surface area contributed by atoms with Crippen LogP contribution in [0.3, 0.4) is 0 Å². The van der Waals surface area contributed by atoms with Gasteiger partial charge in [0.1, 0.15) is 23.3 Å². The van der Waals surface area contributed by atoms with Crippen molar-refractivity contribution >= 4 is 45.5 Å². The maximum absolute atomic E-state index is 15.3. The molecule has 62 heavy (non-hydrogen) atoms. The van der Waals surface area contributed by atoms with Gasteiger partial charge in [0.2, 0.25) is 11.8 Å². The van der Waals surface area contributed by atoms with Gasteiger partial charge in [0, 0.05) is 49.3 Å². The molecular weight excluding hydrogens is 821 g/mol. The number of fused-ring (bicyclic) bond motifs is 1. The number of piperidine rings is 1. The van der Waals surface area contributed by atoms with E-state index >= 15 is 4.79 Å². The predicted octanol–water partition coefficient (Wildman–Crippen LogP) is 4.89. The third-order valence-electron chi connectivity index (χ3n) is 16.5. The number of nitrogens with one attached hydrogen (secondary N) is 3. The lowest BCUT2D eigenvalue weighted by molar-refractivity contribution is -0.144. The van der Waals surface area contributed by atoms with Crippen molar-refractivity contribution in [1.29, 1.82) is 0 Å². The number of carbonyl (C=O) groups is 5. The summed E-state index contributed by atoms with van der Waals surface area (Å²) in [5.74, 6) is -7.07. The van der Waals surface area contributed by atoms with E-state index in [1.807, 2.05) is 20.8 Å². The van der Waals surface area contributed by atoms with Crippen molar-refractivity contribution in [2.75, 3.05) is 26.2 Å². The van der Waals surface area contributed by atoms with E-state index in [9.17, 15) is 36.4 Å². The molecule has 4 saturated carbocycles. The van der Waals surface area contributed by atoms with Gasteiger partial charge in [0.25, 0.3) is 23.6 Å². The SMILES string of the molecule is C=C[C@@H]1C[C@]1(NC(=O)[C@@H]1C[C@@]2(CN1C(=O)[C@@H](NC(=O)C(=NC(=O)[C@@H]1CCC(F)(F)CN1C(C)C)C1CCCCC1)C(C)(C)C)C(C)(C)C21CCC1)C(=O)NS(=O)(=O)N1CCCC1. The zero-order chi connectivity index (χ0) is 45.4. The largest absolute Gasteiger partial charge is 0.339 e. The predicted molar refractivity (Wildman–Crippen MR) is 230 cm³/mol. The molecule has 3 N–H and O–H groups in total. The molecule has 0 aromatic heterocycles. The zero-order valence-electron chi connectivity index (χ0n) is 37.8. The van der Waals surface area contributed by atoms with Gasteiger partial charge in [-0.05, 0) is 87.9 Å². The summed E-state index contributed by atoms with van der Waals surface area (Å²) in [7, 11) is -4.15. The highest BCUT2D eigenvalue weighted by atomic mass is 32.2. The van der Waals surface area contributed by atoms with Crippen LogP contribution < -0.4 is 15.4 Å². The Bertz CT molecular complexity index is 1990. The molecule has 0 aromatic rings. The molecule has 7 rings (SSSR count). The van der Waals surface area contributed by atoms with Crippen molar-refractivity contribution in [1.82, 2.24) is 29.5 Å². The highest BCUT2D eigenvalue weighted by Gasteiger charge is 2.85. The van der Waals surface area contributed by atoms with E-state index in [2.05, 4.69) is 40.8 Å². The van der Waals surface area contributed by atoms with Gasteiger partial charge >= 0.3 is 10.2 Å². The second-order valence-electron chi connectivity index (χ2n) is 21.5. The van der Waals surface area contributed by atoms with Crippen molar-refractivity contribution in [3.8, 4) is 0 Å². The number of aliphatic imine (C=N–C) groups is 1. The van der Waals surface area contributed by atoms with Crippen molar-refractivity contribution < 1.29 is 41.2 Å². The molecule has 6 atom stereocenters. The van der Waals surface area contributed by atoms with Gasteiger partial charge in [-0.2, -0.15) is 12.7 Å². The lowest BCUT2D eigenvalue weighted by Crippen LogP contribution is -2.61. The van der Waals surface area contributed by atoms with Crippen LogP contribution in [-0.4, -0.2) is 120 Å². The summed E-state index contributed by atoms with van der Waals surface area (Å²) < 4.78 is 58.9. The Morgan fingerprint density at radius 2 is 1.50 bits per heavy atom. The summed E-state index contributed by atoms with van der Waals surface area (Å²) in [5, 5.41) is 5.90. The Morgan fingerprint density at radius 1 is 0.855 bits per heavy atom. The quantitative estimate of drug-likeness (QED) is 0.183. The number of rotatable bonds is 12. The topological polar surface area (TPSA) is 178 Å². The number of halogens is 2. The minimum Gasteiger partial charge on any atom is -0.339 e. The highest BCUT2D eigenvalue weighted by Crippen LogP contribution is 2.88. The standard InChI is InChI=1S/C45H69F2N7O7S/c1-9-30-24-45(30,39(59)51-62(60,61)52-22-13-14-23-52)50-36(56)32-25-43(41(7,8)42(43)19-15-20-42)26-54(32)38(58)34(40(4,5)6)49-37(57)33(29-16-11-10-12-17-29)48-35(55)31-18-21-44(46,47)27-53(31)28(2)3/h9,28-32,34H,1,10-27H2,2-8H3,(H,49,57)(H,50,56)(H,51,59)/t30-,31+,32+,34-,43-,45-/m1/s1. The maximum Gasteiger partial charge on any atom is 0.303 e. The number of hydrogen-bond acceptors (Lipinski definition) is 8. The first-order valence-electron chi connectivity index (χ1n) is 23.0. The summed E-state index contributed by atoms with van der Waals surface area (Å²) in [6, 6.07) is -3.48. The van der Waals surface area contributed by atoms with E-state index < -0.39 is 99.0 Å². The second-order valence-corrected chi connectivity index (χ2v) is 23.2. The number of amides is 5. The fourth-order valence-corrected chi connectivity index (χ4v) is 13.6. The Balaban J connectivity index is 1.17. The lowest BCUT2D eigenvalue weighted by Gasteiger charge is -2.40. The number of hydrogen-bond donors (Lipinski definition) is 3. The van der Waals surface area contributed by atoms with Gasteiger partial charge in [-0.1, -0.05) is 66.4 Å². The van der Waals surface area contributed by atoms with Crippen LogP contribution in [0.25, 0.3) is 0 Å². The molecule has 17 heteroatoms. The lowest BCUT2D eigenvalue weighted by atomic mass is 9.73. The molecular formula is C45H69F2N7O7S. The van der Waals surface area contributed by atoms with Crippen molar-refractivity contribution in [3.63, 3.8) is 0 Å². The number of likely N-dealkylation sites (tertiary alicyclic amines) is 2. The molecule has 7 aliphatic rings. The number of carbonyl (C=O) groups excluding carboxylic acids is 5. The molecule has 4 aliphatic carbocycles. The molecule has 0 bridgehead atoms. The van der Waals surface area contributed by atoms with Gasteiger partial charge in [-0.15, -0.1) is 6.58 Å². The average molecular weight is 890 g/mol. The fourth-order valence-electron chi connectivity index (χ4n) is 12.3. The van der Waals surface area contributed by atoms with Gasteiger partial charge in [-0.3, -0.25) is 28.9 Å². The minimum atomic E-state index is -4.15. The Kier molecular flexibility index (Phi) is 12.3. The average Bonchev–Trinajstić information content (AvgIpc) is 3.63. The van der Waals surface area contributed by atoms with E-state index in [4.69, 9.17) is 0 Å². The van der Waals surface area contributed by atoms with Crippen LogP contribution in [0.1, 0.15) is 138 Å². The van der Waals surface area contributed by atoms with Crippen LogP contribution in [0.4, 0.5) is 8.78 Å². The summed E-state index contributed by atoms with van der Waals surface area (Å²) in [4.78, 5) is 80.0. The van der Waals surface area contributed by atoms with Crippen LogP contribution in [0, 0.1) is 33.5 Å². The van der Waals surface area contributed by atoms with Crippen LogP contribution >= 0.6 is 0 Å². The summed E-state index contributed by atoms with van der Waals surface area (Å²) in [6.45, 7) is 17.4. The zero-order valence-corrected chi connectivity index (χ0v) is 38.6. The molecule has 5 amide bonds. The third kappa shape index (κ3) is 7.95. The first-order chi connectivity index (χ1) is 28.9. The smallest absolute Gasteiger partial charge is 0.303 e. The normalized spacial score (nSPS) is 32.6. The summed E-state index contributed by atoms with van der Waals surface area (Å²) in [5.41, 5.74) is -3.15. The Hall–Kier alpha value is -3.31. The molecule has 0 unspecified atom stereocenters. The van der Waals surface area contributed by atoms with Crippen molar-refractivity contribution in [2.45, 2.75) is 174 Å². The van der Waals surface area contributed by atoms with Crippen LogP contribution in [0.5, 0.6) is 0 Å². The highest BCUT2D eigenvalue weighted by molar-refractivity contribution is 7.87. The molecule has 3 heterocycles. The van der Waals surface area contributed by atoms with Gasteiger partial charge in [0.15, 0.2) is 0 Å². The number of nitrogens with zero attached hydrogens (tertiary/aromatic N) is 4. The maximum atomic E-state index is 15.3. The molecule has 0 aromatic carbocycles. The third-order valence-corrected chi connectivity index (χ3v) is 18.0. The molecule has 346 valence electrons. The second kappa shape index (κ2) is 16.3. The van der Waals surface area contributed by atoms with E-state index in [-0.39, 0.29) is 47.9 Å². The summed E-state index contributed by atoms with van der Waals surface area (Å²) in [6.07, 6.45) is 9.58. The van der Waals surface area contributed by atoms with Crippen LogP contribution in [-0.2, 0) is 34.2 Å². The van der Waals surface area contributed by atoms with Gasteiger partial charge in [0.05, 0.1) is 12.6 Å². The molecule has 2 spiro atoms. The van der Waals surface area contributed by atoms with E-state index in [1.54, 1.807) is 18.7 Å². The van der Waals surface area contributed by atoms with Gasteiger partial charge in [-0.25, -0.2) is 18.5 Å². The van der Waals surface area contributed by atoms with Gasteiger partial charge < -0.3 is 15.5 Å². The van der Waals surface area contributed by atoms with E-state index in [0.29, 0.717) is 45.2 Å². The van der Waals surface area contributed by atoms with Crippen LogP contribution in [0.15, 0.2) is 17.6 Å². The Morgan fingerprint density at radius 3 is 2.03 bits per heavy atom. The minimum absolute atomic E-state index is 0.00256. The Labute approximate surface area is 366 Å². The molecule has 7 fully saturated rings. The van der Waals surface area contributed by atoms with E-state index in [0.717, 1.165) is 38.5 Å². The molecule has 3 saturated heterocycles. The fraction of sp³-hybridized carbons (Fsp3) is 0.822. The molecule has 0 radical (unpaired) electrons.